The predicted molar refractivity (Wildman–Crippen MR) is 169 cm³/mol. The van der Waals surface area contributed by atoms with Crippen LogP contribution in [0.3, 0.4) is 0 Å². The lowest BCUT2D eigenvalue weighted by Gasteiger charge is -2.35. The zero-order valence-electron chi connectivity index (χ0n) is 27.6. The molecule has 0 saturated carbocycles. The Bertz CT molecular complexity index is 1690. The second-order valence-electron chi connectivity index (χ2n) is 13.5. The third kappa shape index (κ3) is 5.74. The van der Waals surface area contributed by atoms with E-state index in [-0.39, 0.29) is 42.3 Å². The van der Waals surface area contributed by atoms with Crippen molar-refractivity contribution in [2.75, 3.05) is 52.6 Å². The Balaban J connectivity index is 1.35. The summed E-state index contributed by atoms with van der Waals surface area (Å²) >= 11 is 0. The first kappa shape index (κ1) is 32.5. The van der Waals surface area contributed by atoms with Crippen LogP contribution in [0.5, 0.6) is 11.5 Å². The molecule has 3 aromatic rings. The normalized spacial score (nSPS) is 22.1. The number of amides is 3. The van der Waals surface area contributed by atoms with Crippen molar-refractivity contribution in [3.05, 3.63) is 47.5 Å². The summed E-state index contributed by atoms with van der Waals surface area (Å²) in [5.41, 5.74) is -0.824. The van der Waals surface area contributed by atoms with E-state index in [0.717, 1.165) is 36.6 Å². The van der Waals surface area contributed by atoms with E-state index in [4.69, 9.17) is 28.3 Å². The number of fused-ring (bicyclic) bond motifs is 2. The number of likely N-dealkylation sites (N-methyl/N-ethyl adjacent to an activating group) is 1. The second-order valence-corrected chi connectivity index (χ2v) is 13.5. The molecule has 1 aromatic carbocycles. The Kier molecular flexibility index (Phi) is 8.54. The molecule has 0 radical (unpaired) electrons. The van der Waals surface area contributed by atoms with Crippen LogP contribution in [0.25, 0.3) is 11.1 Å². The van der Waals surface area contributed by atoms with E-state index in [0.29, 0.717) is 23.1 Å². The van der Waals surface area contributed by atoms with Gasteiger partial charge in [-0.2, -0.15) is 4.39 Å². The van der Waals surface area contributed by atoms with E-state index in [1.54, 1.807) is 40.0 Å². The van der Waals surface area contributed by atoms with Crippen LogP contribution < -0.4 is 14.4 Å². The minimum absolute atomic E-state index is 0.0765. The molecular weight excluding hydrogens is 611 g/mol. The number of furan rings is 1. The number of anilines is 1. The predicted octanol–water partition coefficient (Wildman–Crippen LogP) is 4.87. The minimum Gasteiger partial charge on any atom is -0.494 e. The van der Waals surface area contributed by atoms with E-state index < -0.39 is 41.4 Å². The van der Waals surface area contributed by atoms with Gasteiger partial charge >= 0.3 is 12.0 Å². The fourth-order valence-corrected chi connectivity index (χ4v) is 6.63. The maximum Gasteiger partial charge on any atom is 0.330 e. The number of pyridine rings is 1. The molecule has 6 rings (SSSR count). The number of piperidine rings is 1. The second kappa shape index (κ2) is 12.3. The summed E-state index contributed by atoms with van der Waals surface area (Å²) in [6.45, 7) is 6.19. The van der Waals surface area contributed by atoms with Crippen molar-refractivity contribution in [3.8, 4) is 11.5 Å². The van der Waals surface area contributed by atoms with Gasteiger partial charge in [-0.1, -0.05) is 6.07 Å². The van der Waals surface area contributed by atoms with Gasteiger partial charge in [0.1, 0.15) is 17.1 Å². The summed E-state index contributed by atoms with van der Waals surface area (Å²) in [5, 5.41) is 0. The molecule has 12 nitrogen and oxygen atoms in total. The highest BCUT2D eigenvalue weighted by molar-refractivity contribution is 6.07. The Morgan fingerprint density at radius 1 is 1.13 bits per heavy atom. The first-order valence-corrected chi connectivity index (χ1v) is 15.8. The van der Waals surface area contributed by atoms with Gasteiger partial charge in [0, 0.05) is 39.2 Å². The van der Waals surface area contributed by atoms with Crippen LogP contribution in [0.2, 0.25) is 0 Å². The third-order valence-corrected chi connectivity index (χ3v) is 9.41. The molecule has 13 heteroatoms. The van der Waals surface area contributed by atoms with E-state index in [1.165, 1.54) is 25.1 Å². The van der Waals surface area contributed by atoms with Gasteiger partial charge in [-0.3, -0.25) is 9.59 Å². The van der Waals surface area contributed by atoms with Gasteiger partial charge in [0.05, 0.1) is 25.2 Å². The number of aromatic nitrogens is 1. The van der Waals surface area contributed by atoms with Crippen LogP contribution >= 0.6 is 0 Å². The maximum atomic E-state index is 15.0. The highest BCUT2D eigenvalue weighted by Crippen LogP contribution is 2.46. The van der Waals surface area contributed by atoms with Crippen molar-refractivity contribution in [2.45, 2.75) is 58.1 Å². The third-order valence-electron chi connectivity index (χ3n) is 9.41. The SMILES string of the molecule is COc1ccc2c(c1F)OCC(C[C@]1(c3cc4nc(N5CCC(OC)CC5)ccc4o3)C(=O)N(COC(=O)C(C)(C)C)C(=O)N1C)C2. The van der Waals surface area contributed by atoms with Crippen molar-refractivity contribution in [3.63, 3.8) is 0 Å². The lowest BCUT2D eigenvalue weighted by Crippen LogP contribution is -2.47. The molecule has 2 atom stereocenters. The molecule has 3 aliphatic rings. The van der Waals surface area contributed by atoms with Gasteiger partial charge in [0.25, 0.3) is 5.91 Å². The Hall–Kier alpha value is -4.39. The number of imide groups is 1. The van der Waals surface area contributed by atoms with Crippen LogP contribution in [0.15, 0.2) is 34.7 Å². The molecule has 2 fully saturated rings. The highest BCUT2D eigenvalue weighted by atomic mass is 19.1. The molecule has 252 valence electrons. The number of urea groups is 1. The minimum atomic E-state index is -1.61. The number of methoxy groups -OCH3 is 2. The number of rotatable bonds is 8. The van der Waals surface area contributed by atoms with Gasteiger partial charge in [0.15, 0.2) is 29.4 Å². The summed E-state index contributed by atoms with van der Waals surface area (Å²) in [7, 11) is 4.64. The van der Waals surface area contributed by atoms with Crippen molar-refractivity contribution < 1.29 is 42.1 Å². The zero-order valence-corrected chi connectivity index (χ0v) is 27.6. The standard InChI is InChI=1S/C34H41FN4O8/c1-33(2,3)31(41)46-19-39-30(40)34(37(4)32(39)42,17-20-15-21-7-8-25(44-6)28(35)29(21)45-18-20)26-16-23-24(47-26)9-10-27(36-23)38-13-11-22(43-5)12-14-38/h7-10,16,20,22H,11-15,17-19H2,1-6H3/t20?,34-/m0/s1. The number of carbonyl (C=O) groups is 3. The smallest absolute Gasteiger partial charge is 0.330 e. The molecule has 2 aromatic heterocycles. The largest absolute Gasteiger partial charge is 0.494 e. The number of carbonyl (C=O) groups excluding carboxylic acids is 3. The number of halogens is 1. The number of esters is 1. The number of hydrogen-bond donors (Lipinski definition) is 0. The van der Waals surface area contributed by atoms with Crippen molar-refractivity contribution in [1.29, 1.82) is 0 Å². The summed E-state index contributed by atoms with van der Waals surface area (Å²) in [4.78, 5) is 50.1. The summed E-state index contributed by atoms with van der Waals surface area (Å²) in [6.07, 6.45) is 2.47. The highest BCUT2D eigenvalue weighted by Gasteiger charge is 2.60. The lowest BCUT2D eigenvalue weighted by atomic mass is 9.80. The molecule has 0 spiro atoms. The molecule has 1 unspecified atom stereocenters. The summed E-state index contributed by atoms with van der Waals surface area (Å²) < 4.78 is 43.2. The average Bonchev–Trinajstić information content (AvgIpc) is 3.56. The van der Waals surface area contributed by atoms with E-state index >= 15 is 0 Å². The van der Waals surface area contributed by atoms with Gasteiger partial charge in [0.2, 0.25) is 5.82 Å². The van der Waals surface area contributed by atoms with Crippen LogP contribution in [0.4, 0.5) is 15.0 Å². The van der Waals surface area contributed by atoms with Crippen molar-refractivity contribution in [2.24, 2.45) is 11.3 Å². The first-order chi connectivity index (χ1) is 22.4. The fraction of sp³-hybridized carbons (Fsp3) is 0.529. The summed E-state index contributed by atoms with van der Waals surface area (Å²) in [6, 6.07) is 8.04. The van der Waals surface area contributed by atoms with E-state index in [9.17, 15) is 18.8 Å². The lowest BCUT2D eigenvalue weighted by molar-refractivity contribution is -0.158. The quantitative estimate of drug-likeness (QED) is 0.246. The van der Waals surface area contributed by atoms with Crippen LogP contribution in [-0.2, 0) is 31.0 Å². The Morgan fingerprint density at radius 2 is 1.87 bits per heavy atom. The number of ether oxygens (including phenoxy) is 4. The Labute approximate surface area is 272 Å². The van der Waals surface area contributed by atoms with Crippen molar-refractivity contribution in [1.82, 2.24) is 14.8 Å². The molecule has 0 aliphatic carbocycles. The Morgan fingerprint density at radius 3 is 2.55 bits per heavy atom. The topological polar surface area (TPSA) is 124 Å². The number of hydrogen-bond acceptors (Lipinski definition) is 10. The van der Waals surface area contributed by atoms with Gasteiger partial charge in [-0.25, -0.2) is 14.7 Å². The molecule has 2 saturated heterocycles. The molecule has 5 heterocycles. The first-order valence-electron chi connectivity index (χ1n) is 15.8. The molecule has 0 bridgehead atoms. The molecule has 47 heavy (non-hydrogen) atoms. The molecule has 3 aliphatic heterocycles. The van der Waals surface area contributed by atoms with E-state index in [1.807, 2.05) is 12.1 Å². The molecular formula is C34H41FN4O8. The average molecular weight is 653 g/mol. The van der Waals surface area contributed by atoms with Gasteiger partial charge in [-0.05, 0) is 70.2 Å². The fourth-order valence-electron chi connectivity index (χ4n) is 6.63. The zero-order chi connectivity index (χ0) is 33.7. The summed E-state index contributed by atoms with van der Waals surface area (Å²) in [5.74, 6) is -0.851. The number of benzene rings is 1. The van der Waals surface area contributed by atoms with E-state index in [2.05, 4.69) is 4.90 Å². The van der Waals surface area contributed by atoms with Crippen LogP contribution in [0.1, 0.15) is 51.4 Å². The van der Waals surface area contributed by atoms with Gasteiger partial charge < -0.3 is 33.2 Å². The van der Waals surface area contributed by atoms with Gasteiger partial charge in [-0.15, -0.1) is 0 Å². The molecule has 3 amide bonds. The van der Waals surface area contributed by atoms with Crippen LogP contribution in [-0.4, -0.2) is 86.5 Å². The monoisotopic (exact) mass is 652 g/mol. The van der Waals surface area contributed by atoms with Crippen molar-refractivity contribution >= 4 is 34.8 Å². The maximum absolute atomic E-state index is 15.0. The number of nitrogens with zero attached hydrogens (tertiary/aromatic N) is 4. The van der Waals surface area contributed by atoms with Crippen LogP contribution in [0, 0.1) is 17.2 Å². The molecule has 0 N–H and O–H groups in total.